The molecule has 0 bridgehead atoms. The zero-order valence-corrected chi connectivity index (χ0v) is 18.9. The van der Waals surface area contributed by atoms with E-state index in [9.17, 15) is 9.59 Å². The molecule has 2 aliphatic rings. The number of benzene rings is 1. The minimum atomic E-state index is -0.303. The van der Waals surface area contributed by atoms with E-state index in [0.29, 0.717) is 25.9 Å². The molecule has 0 N–H and O–H groups in total. The molecule has 0 saturated carbocycles. The number of aromatic nitrogens is 1. The van der Waals surface area contributed by atoms with Crippen molar-refractivity contribution in [2.24, 2.45) is 5.92 Å². The smallest absolute Gasteiger partial charge is 0.319 e. The second-order valence-corrected chi connectivity index (χ2v) is 8.62. The number of nitrogens with zero attached hydrogens (tertiary/aromatic N) is 4. The van der Waals surface area contributed by atoms with Gasteiger partial charge in [-0.1, -0.05) is 18.2 Å². The van der Waals surface area contributed by atoms with Gasteiger partial charge >= 0.3 is 6.03 Å². The van der Waals surface area contributed by atoms with Crippen molar-refractivity contribution >= 4 is 11.9 Å². The van der Waals surface area contributed by atoms with Crippen LogP contribution in [0.3, 0.4) is 0 Å². The van der Waals surface area contributed by atoms with Gasteiger partial charge in [0.1, 0.15) is 5.75 Å². The Bertz CT molecular complexity index is 922. The number of hydrogen-bond donors (Lipinski definition) is 0. The number of piperidine rings is 1. The summed E-state index contributed by atoms with van der Waals surface area (Å²) in [6.45, 7) is 2.97. The van der Waals surface area contributed by atoms with Crippen molar-refractivity contribution < 1.29 is 14.3 Å². The molecule has 1 atom stereocenters. The third-order valence-electron chi connectivity index (χ3n) is 6.60. The van der Waals surface area contributed by atoms with Crippen LogP contribution in [0.2, 0.25) is 0 Å². The summed E-state index contributed by atoms with van der Waals surface area (Å²) in [7, 11) is 3.49. The number of pyridine rings is 1. The molecule has 2 aliphatic heterocycles. The van der Waals surface area contributed by atoms with Crippen LogP contribution in [-0.2, 0) is 4.79 Å². The van der Waals surface area contributed by atoms with Gasteiger partial charge in [-0.15, -0.1) is 0 Å². The maximum absolute atomic E-state index is 13.5. The average Bonchev–Trinajstić information content (AvgIpc) is 3.39. The summed E-state index contributed by atoms with van der Waals surface area (Å²) in [5.41, 5.74) is 1.78. The summed E-state index contributed by atoms with van der Waals surface area (Å²) in [5, 5.41) is 0. The van der Waals surface area contributed by atoms with E-state index in [1.807, 2.05) is 59.3 Å². The highest BCUT2D eigenvalue weighted by atomic mass is 16.5. The van der Waals surface area contributed by atoms with Crippen molar-refractivity contribution in [3.8, 4) is 5.75 Å². The quantitative estimate of drug-likeness (QED) is 0.719. The molecular weight excluding hydrogens is 404 g/mol. The van der Waals surface area contributed by atoms with Gasteiger partial charge in [-0.25, -0.2) is 4.79 Å². The number of methoxy groups -OCH3 is 1. The SMILES string of the molecule is COc1cccc(C(c2ccccn2)N(C)C(=O)C2CCN(C(=O)N3CCCC3)CC2)c1. The number of rotatable bonds is 5. The fraction of sp³-hybridized carbons (Fsp3) is 0.480. The maximum Gasteiger partial charge on any atom is 0.319 e. The number of amides is 3. The molecule has 2 fully saturated rings. The standard InChI is InChI=1S/C25H32N4O3/c1-27(23(22-10-3-4-13-26-22)20-8-7-9-21(18-20)32-2)24(30)19-11-16-29(17-12-19)25(31)28-14-5-6-15-28/h3-4,7-10,13,18-19,23H,5-6,11-12,14-17H2,1-2H3. The number of ether oxygens (including phenoxy) is 1. The van der Waals surface area contributed by atoms with E-state index >= 15 is 0 Å². The summed E-state index contributed by atoms with van der Waals surface area (Å²) in [5.74, 6) is 0.745. The molecule has 1 unspecified atom stereocenters. The van der Waals surface area contributed by atoms with Crippen LogP contribution in [0.4, 0.5) is 4.79 Å². The Morgan fingerprint density at radius 2 is 1.75 bits per heavy atom. The first-order chi connectivity index (χ1) is 15.6. The largest absolute Gasteiger partial charge is 0.497 e. The second-order valence-electron chi connectivity index (χ2n) is 8.62. The maximum atomic E-state index is 13.5. The number of hydrogen-bond acceptors (Lipinski definition) is 4. The first-order valence-electron chi connectivity index (χ1n) is 11.4. The van der Waals surface area contributed by atoms with Crippen molar-refractivity contribution in [1.82, 2.24) is 19.7 Å². The molecule has 7 heteroatoms. The summed E-state index contributed by atoms with van der Waals surface area (Å²) >= 11 is 0. The molecule has 3 heterocycles. The summed E-state index contributed by atoms with van der Waals surface area (Å²) in [6.07, 6.45) is 5.31. The molecule has 0 radical (unpaired) electrons. The molecule has 2 saturated heterocycles. The van der Waals surface area contributed by atoms with Gasteiger partial charge in [-0.2, -0.15) is 0 Å². The molecule has 0 spiro atoms. The fourth-order valence-corrected chi connectivity index (χ4v) is 4.78. The molecule has 32 heavy (non-hydrogen) atoms. The fourth-order valence-electron chi connectivity index (χ4n) is 4.78. The van der Waals surface area contributed by atoms with Crippen LogP contribution in [0.15, 0.2) is 48.7 Å². The predicted octanol–water partition coefficient (Wildman–Crippen LogP) is 3.57. The van der Waals surface area contributed by atoms with Gasteiger partial charge in [-0.05, 0) is 55.5 Å². The third-order valence-corrected chi connectivity index (χ3v) is 6.60. The van der Waals surface area contributed by atoms with Gasteiger partial charge in [0.2, 0.25) is 5.91 Å². The summed E-state index contributed by atoms with van der Waals surface area (Å²) < 4.78 is 5.41. The molecule has 0 aliphatic carbocycles. The van der Waals surface area contributed by atoms with Gasteiger partial charge in [0.25, 0.3) is 0 Å². The minimum Gasteiger partial charge on any atom is -0.497 e. The number of likely N-dealkylation sites (tertiary alicyclic amines) is 2. The van der Waals surface area contributed by atoms with Crippen LogP contribution in [0.1, 0.15) is 43.0 Å². The molecule has 3 amide bonds. The molecule has 7 nitrogen and oxygen atoms in total. The van der Waals surface area contributed by atoms with Gasteiger partial charge in [0, 0.05) is 45.3 Å². The minimum absolute atomic E-state index is 0.0942. The molecule has 4 rings (SSSR count). The van der Waals surface area contributed by atoms with Gasteiger partial charge < -0.3 is 19.4 Å². The highest BCUT2D eigenvalue weighted by molar-refractivity contribution is 5.80. The van der Waals surface area contributed by atoms with E-state index in [4.69, 9.17) is 4.74 Å². The van der Waals surface area contributed by atoms with Crippen LogP contribution in [0.5, 0.6) is 5.75 Å². The van der Waals surface area contributed by atoms with Crippen molar-refractivity contribution in [1.29, 1.82) is 0 Å². The topological polar surface area (TPSA) is 66.0 Å². The van der Waals surface area contributed by atoms with E-state index in [0.717, 1.165) is 42.9 Å². The van der Waals surface area contributed by atoms with Crippen molar-refractivity contribution in [2.75, 3.05) is 40.3 Å². The van der Waals surface area contributed by atoms with Gasteiger partial charge in [0.05, 0.1) is 18.8 Å². The Morgan fingerprint density at radius 1 is 1.03 bits per heavy atom. The summed E-state index contributed by atoms with van der Waals surface area (Å²) in [4.78, 5) is 36.4. The highest BCUT2D eigenvalue weighted by Crippen LogP contribution is 2.31. The Balaban J connectivity index is 1.48. The van der Waals surface area contributed by atoms with E-state index < -0.39 is 0 Å². The lowest BCUT2D eigenvalue weighted by Crippen LogP contribution is -2.48. The number of urea groups is 1. The van der Waals surface area contributed by atoms with Crippen LogP contribution >= 0.6 is 0 Å². The lowest BCUT2D eigenvalue weighted by atomic mass is 9.93. The normalized spacial score (nSPS) is 17.8. The Labute approximate surface area is 190 Å². The molecule has 1 aromatic carbocycles. The molecule has 2 aromatic rings. The highest BCUT2D eigenvalue weighted by Gasteiger charge is 2.34. The van der Waals surface area contributed by atoms with Crippen molar-refractivity contribution in [3.05, 3.63) is 59.9 Å². The summed E-state index contributed by atoms with van der Waals surface area (Å²) in [6, 6.07) is 13.4. The van der Waals surface area contributed by atoms with Crippen LogP contribution in [0, 0.1) is 5.92 Å². The number of carbonyl (C=O) groups excluding carboxylic acids is 2. The zero-order valence-electron chi connectivity index (χ0n) is 18.9. The Morgan fingerprint density at radius 3 is 2.41 bits per heavy atom. The van der Waals surface area contributed by atoms with Crippen LogP contribution in [-0.4, -0.2) is 72.0 Å². The van der Waals surface area contributed by atoms with Crippen molar-refractivity contribution in [3.63, 3.8) is 0 Å². The predicted molar refractivity (Wildman–Crippen MR) is 122 cm³/mol. The first kappa shape index (κ1) is 22.1. The van der Waals surface area contributed by atoms with Gasteiger partial charge in [-0.3, -0.25) is 9.78 Å². The van der Waals surface area contributed by atoms with E-state index in [-0.39, 0.29) is 23.9 Å². The third kappa shape index (κ3) is 4.71. The van der Waals surface area contributed by atoms with Crippen LogP contribution in [0.25, 0.3) is 0 Å². The zero-order chi connectivity index (χ0) is 22.5. The average molecular weight is 437 g/mol. The van der Waals surface area contributed by atoms with E-state index in [2.05, 4.69) is 4.98 Å². The van der Waals surface area contributed by atoms with Crippen molar-refractivity contribution in [2.45, 2.75) is 31.7 Å². The molecule has 1 aromatic heterocycles. The lowest BCUT2D eigenvalue weighted by molar-refractivity contribution is -0.137. The Kier molecular flexibility index (Phi) is 6.93. The van der Waals surface area contributed by atoms with Gasteiger partial charge in [0.15, 0.2) is 0 Å². The lowest BCUT2D eigenvalue weighted by Gasteiger charge is -2.37. The second kappa shape index (κ2) is 10.0. The number of carbonyl (C=O) groups is 2. The first-order valence-corrected chi connectivity index (χ1v) is 11.4. The van der Waals surface area contributed by atoms with E-state index in [1.165, 1.54) is 0 Å². The molecule has 170 valence electrons. The molecular formula is C25H32N4O3. The monoisotopic (exact) mass is 436 g/mol. The Hall–Kier alpha value is -3.09. The van der Waals surface area contributed by atoms with E-state index in [1.54, 1.807) is 18.2 Å². The van der Waals surface area contributed by atoms with Crippen LogP contribution < -0.4 is 4.74 Å².